The molecule has 0 spiro atoms. The van der Waals surface area contributed by atoms with Gasteiger partial charge in [0.2, 0.25) is 0 Å². The van der Waals surface area contributed by atoms with E-state index in [4.69, 9.17) is 5.11 Å². The first-order chi connectivity index (χ1) is 10.0. The van der Waals surface area contributed by atoms with Crippen LogP contribution < -0.4 is 0 Å². The number of carboxylic acids is 1. The Bertz CT molecular complexity index is 418. The van der Waals surface area contributed by atoms with Gasteiger partial charge < -0.3 is 14.9 Å². The number of fused-ring (bicyclic) bond motifs is 2. The molecule has 0 aromatic heterocycles. The van der Waals surface area contributed by atoms with Crippen molar-refractivity contribution in [3.8, 4) is 0 Å². The fourth-order valence-corrected chi connectivity index (χ4v) is 4.59. The summed E-state index contributed by atoms with van der Waals surface area (Å²) in [6.45, 7) is 2.03. The van der Waals surface area contributed by atoms with Crippen molar-refractivity contribution in [1.82, 2.24) is 9.80 Å². The van der Waals surface area contributed by atoms with Gasteiger partial charge in [-0.1, -0.05) is 6.42 Å². The lowest BCUT2D eigenvalue weighted by Crippen LogP contribution is -2.47. The number of likely N-dealkylation sites (tertiary alicyclic amines) is 1. The van der Waals surface area contributed by atoms with Crippen LogP contribution in [0.5, 0.6) is 0 Å². The second-order valence-corrected chi connectivity index (χ2v) is 7.20. The van der Waals surface area contributed by atoms with E-state index in [1.807, 2.05) is 16.8 Å². The van der Waals surface area contributed by atoms with E-state index >= 15 is 0 Å². The van der Waals surface area contributed by atoms with Crippen molar-refractivity contribution < 1.29 is 14.7 Å². The molecular weight excluding hydrogens is 268 g/mol. The first kappa shape index (κ1) is 14.7. The minimum Gasteiger partial charge on any atom is -0.481 e. The molecule has 5 nitrogen and oxygen atoms in total. The summed E-state index contributed by atoms with van der Waals surface area (Å²) < 4.78 is 0. The summed E-state index contributed by atoms with van der Waals surface area (Å²) in [6, 6.07) is 0.0848. The zero-order valence-electron chi connectivity index (χ0n) is 12.8. The van der Waals surface area contributed by atoms with Gasteiger partial charge in [0.05, 0.1) is 5.92 Å². The average Bonchev–Trinajstić information content (AvgIpc) is 3.09. The van der Waals surface area contributed by atoms with E-state index in [1.165, 1.54) is 25.7 Å². The maximum absolute atomic E-state index is 12.5. The summed E-state index contributed by atoms with van der Waals surface area (Å²) in [7, 11) is 1.90. The molecule has 0 radical (unpaired) electrons. The number of carboxylic acid groups (broad SMARTS) is 1. The Labute approximate surface area is 126 Å². The predicted octanol–water partition coefficient (Wildman–Crippen LogP) is 2.27. The summed E-state index contributed by atoms with van der Waals surface area (Å²) in [5, 5.41) is 9.01. The first-order valence-corrected chi connectivity index (χ1v) is 8.27. The van der Waals surface area contributed by atoms with Gasteiger partial charge in [-0.2, -0.15) is 0 Å². The second kappa shape index (κ2) is 5.85. The maximum atomic E-state index is 12.5. The van der Waals surface area contributed by atoms with Crippen molar-refractivity contribution in [3.63, 3.8) is 0 Å². The van der Waals surface area contributed by atoms with Crippen LogP contribution in [0.2, 0.25) is 0 Å². The van der Waals surface area contributed by atoms with Crippen LogP contribution in [-0.4, -0.2) is 53.6 Å². The van der Waals surface area contributed by atoms with Crippen molar-refractivity contribution in [2.75, 3.05) is 26.7 Å². The van der Waals surface area contributed by atoms with Crippen molar-refractivity contribution in [2.24, 2.45) is 23.7 Å². The Balaban J connectivity index is 1.48. The van der Waals surface area contributed by atoms with Crippen LogP contribution >= 0.6 is 0 Å². The van der Waals surface area contributed by atoms with Crippen LogP contribution in [0.4, 0.5) is 4.79 Å². The van der Waals surface area contributed by atoms with E-state index in [1.54, 1.807) is 0 Å². The number of carbonyl (C=O) groups excluding carboxylic acids is 1. The van der Waals surface area contributed by atoms with Crippen LogP contribution in [0.25, 0.3) is 0 Å². The molecule has 21 heavy (non-hydrogen) atoms. The molecule has 0 aromatic carbocycles. The summed E-state index contributed by atoms with van der Waals surface area (Å²) in [5.41, 5.74) is 0. The molecule has 1 saturated heterocycles. The number of aliphatic carboxylic acids is 1. The highest BCUT2D eigenvalue weighted by Crippen LogP contribution is 2.48. The molecule has 2 aliphatic carbocycles. The number of piperidine rings is 1. The smallest absolute Gasteiger partial charge is 0.319 e. The molecule has 118 valence electrons. The average molecular weight is 294 g/mol. The standard InChI is InChI=1S/C16H26N2O3/c1-17(10-14-9-11-2-3-13(14)8-11)16(21)18-6-4-12(5-7-18)15(19)20/h11-14H,2-10H2,1H3,(H,19,20). The zero-order chi connectivity index (χ0) is 15.0. The van der Waals surface area contributed by atoms with Gasteiger partial charge in [-0.05, 0) is 49.9 Å². The fourth-order valence-electron chi connectivity index (χ4n) is 4.59. The van der Waals surface area contributed by atoms with Gasteiger partial charge >= 0.3 is 12.0 Å². The van der Waals surface area contributed by atoms with Crippen LogP contribution in [0.1, 0.15) is 38.5 Å². The van der Waals surface area contributed by atoms with E-state index in [0.29, 0.717) is 31.8 Å². The van der Waals surface area contributed by atoms with E-state index in [-0.39, 0.29) is 11.9 Å². The summed E-state index contributed by atoms with van der Waals surface area (Å²) in [4.78, 5) is 27.1. The molecule has 1 heterocycles. The molecular formula is C16H26N2O3. The highest BCUT2D eigenvalue weighted by Gasteiger charge is 2.40. The lowest BCUT2D eigenvalue weighted by molar-refractivity contribution is -0.143. The quantitative estimate of drug-likeness (QED) is 0.868. The number of rotatable bonds is 3. The number of amides is 2. The molecule has 0 aromatic rings. The van der Waals surface area contributed by atoms with Crippen LogP contribution in [0.3, 0.4) is 0 Å². The Morgan fingerprint density at radius 1 is 1.14 bits per heavy atom. The lowest BCUT2D eigenvalue weighted by atomic mass is 9.88. The largest absolute Gasteiger partial charge is 0.481 e. The van der Waals surface area contributed by atoms with Gasteiger partial charge in [-0.25, -0.2) is 4.79 Å². The van der Waals surface area contributed by atoms with Gasteiger partial charge in [0.25, 0.3) is 0 Å². The van der Waals surface area contributed by atoms with Gasteiger partial charge in [0.15, 0.2) is 0 Å². The molecule has 3 rings (SSSR count). The Morgan fingerprint density at radius 2 is 1.86 bits per heavy atom. The van der Waals surface area contributed by atoms with Gasteiger partial charge in [-0.15, -0.1) is 0 Å². The Hall–Kier alpha value is -1.26. The van der Waals surface area contributed by atoms with Gasteiger partial charge in [0.1, 0.15) is 0 Å². The number of hydrogen-bond acceptors (Lipinski definition) is 2. The molecule has 2 bridgehead atoms. The summed E-state index contributed by atoms with van der Waals surface area (Å²) in [5.74, 6) is 1.44. The highest BCUT2D eigenvalue weighted by molar-refractivity contribution is 5.75. The van der Waals surface area contributed by atoms with E-state index in [9.17, 15) is 9.59 Å². The van der Waals surface area contributed by atoms with Crippen molar-refractivity contribution in [2.45, 2.75) is 38.5 Å². The SMILES string of the molecule is CN(CC1CC2CCC1C2)C(=O)N1CCC(C(=O)O)CC1. The van der Waals surface area contributed by atoms with Gasteiger partial charge in [0, 0.05) is 26.7 Å². The molecule has 1 N–H and O–H groups in total. The Kier molecular flexibility index (Phi) is 4.09. The highest BCUT2D eigenvalue weighted by atomic mass is 16.4. The molecule has 3 unspecified atom stereocenters. The number of nitrogens with zero attached hydrogens (tertiary/aromatic N) is 2. The minimum absolute atomic E-state index is 0.0848. The van der Waals surface area contributed by atoms with Crippen LogP contribution in [-0.2, 0) is 4.79 Å². The summed E-state index contributed by atoms with van der Waals surface area (Å²) in [6.07, 6.45) is 6.58. The molecule has 3 aliphatic rings. The normalized spacial score (nSPS) is 32.4. The number of urea groups is 1. The monoisotopic (exact) mass is 294 g/mol. The van der Waals surface area contributed by atoms with E-state index in [2.05, 4.69) is 0 Å². The minimum atomic E-state index is -0.725. The third kappa shape index (κ3) is 3.01. The molecule has 3 atom stereocenters. The molecule has 2 saturated carbocycles. The van der Waals surface area contributed by atoms with Crippen LogP contribution in [0, 0.1) is 23.7 Å². The number of carbonyl (C=O) groups is 2. The zero-order valence-corrected chi connectivity index (χ0v) is 12.8. The first-order valence-electron chi connectivity index (χ1n) is 8.27. The third-order valence-corrected chi connectivity index (χ3v) is 5.83. The van der Waals surface area contributed by atoms with Gasteiger partial charge in [-0.3, -0.25) is 4.79 Å². The van der Waals surface area contributed by atoms with Crippen molar-refractivity contribution >= 4 is 12.0 Å². The van der Waals surface area contributed by atoms with Crippen molar-refractivity contribution in [1.29, 1.82) is 0 Å². The second-order valence-electron chi connectivity index (χ2n) is 7.20. The van der Waals surface area contributed by atoms with Crippen LogP contribution in [0.15, 0.2) is 0 Å². The maximum Gasteiger partial charge on any atom is 0.319 e. The Morgan fingerprint density at radius 3 is 2.38 bits per heavy atom. The fraction of sp³-hybridized carbons (Fsp3) is 0.875. The topological polar surface area (TPSA) is 60.9 Å². The van der Waals surface area contributed by atoms with E-state index in [0.717, 1.165) is 18.4 Å². The summed E-state index contributed by atoms with van der Waals surface area (Å²) >= 11 is 0. The van der Waals surface area contributed by atoms with Crippen molar-refractivity contribution in [3.05, 3.63) is 0 Å². The predicted molar refractivity (Wildman–Crippen MR) is 78.9 cm³/mol. The molecule has 1 aliphatic heterocycles. The van der Waals surface area contributed by atoms with E-state index < -0.39 is 5.97 Å². The molecule has 3 fully saturated rings. The number of hydrogen-bond donors (Lipinski definition) is 1. The third-order valence-electron chi connectivity index (χ3n) is 5.83. The molecule has 5 heteroatoms. The molecule has 2 amide bonds. The lowest BCUT2D eigenvalue weighted by Gasteiger charge is -2.35.